The van der Waals surface area contributed by atoms with Crippen molar-refractivity contribution in [2.24, 2.45) is 0 Å². The van der Waals surface area contributed by atoms with Gasteiger partial charge in [0.15, 0.2) is 5.82 Å². The number of sulfonamides is 1. The van der Waals surface area contributed by atoms with Crippen LogP contribution in [0.2, 0.25) is 0 Å². The lowest BCUT2D eigenvalue weighted by molar-refractivity contribution is -0.116. The van der Waals surface area contributed by atoms with Crippen molar-refractivity contribution < 1.29 is 13.2 Å². The van der Waals surface area contributed by atoms with Gasteiger partial charge in [-0.2, -0.15) is 4.31 Å². The number of carbonyl (C=O) groups excluding carboxylic acids is 1. The van der Waals surface area contributed by atoms with Crippen LogP contribution in [0.15, 0.2) is 53.4 Å². The second-order valence-electron chi connectivity index (χ2n) is 9.70. The Morgan fingerprint density at radius 3 is 2.31 bits per heavy atom. The highest BCUT2D eigenvalue weighted by molar-refractivity contribution is 7.89. The largest absolute Gasteiger partial charge is 0.352 e. The zero-order chi connectivity index (χ0) is 25.6. The molecule has 1 aromatic heterocycles. The van der Waals surface area contributed by atoms with Crippen LogP contribution in [-0.4, -0.2) is 61.0 Å². The average Bonchev–Trinajstić information content (AvgIpc) is 3.21. The van der Waals surface area contributed by atoms with Gasteiger partial charge in [-0.05, 0) is 80.3 Å². The monoisotopic (exact) mass is 505 g/mol. The highest BCUT2D eigenvalue weighted by atomic mass is 32.2. The lowest BCUT2D eigenvalue weighted by Crippen LogP contribution is -2.49. The minimum Gasteiger partial charge on any atom is -0.352 e. The Balaban J connectivity index is 1.27. The number of rotatable bonds is 4. The van der Waals surface area contributed by atoms with Crippen LogP contribution in [0.25, 0.3) is 11.3 Å². The van der Waals surface area contributed by atoms with Gasteiger partial charge in [-0.1, -0.05) is 12.1 Å². The Labute approximate surface area is 212 Å². The summed E-state index contributed by atoms with van der Waals surface area (Å²) in [4.78, 5) is 16.1. The lowest BCUT2D eigenvalue weighted by atomic mass is 10.0. The third-order valence-electron chi connectivity index (χ3n) is 7.26. The van der Waals surface area contributed by atoms with Gasteiger partial charge >= 0.3 is 0 Å². The zero-order valence-electron chi connectivity index (χ0n) is 21.1. The van der Waals surface area contributed by atoms with E-state index in [0.29, 0.717) is 32.6 Å². The molecule has 1 unspecified atom stereocenters. The average molecular weight is 506 g/mol. The van der Waals surface area contributed by atoms with E-state index in [1.54, 1.807) is 23.1 Å². The van der Waals surface area contributed by atoms with E-state index in [-0.39, 0.29) is 16.8 Å². The summed E-state index contributed by atoms with van der Waals surface area (Å²) < 4.78 is 28.3. The third-order valence-corrected chi connectivity index (χ3v) is 9.15. The van der Waals surface area contributed by atoms with E-state index in [1.165, 1.54) is 22.4 Å². The van der Waals surface area contributed by atoms with E-state index < -0.39 is 10.0 Å². The first-order valence-electron chi connectivity index (χ1n) is 12.2. The quantitative estimate of drug-likeness (QED) is 0.539. The molecule has 0 aliphatic carbocycles. The van der Waals surface area contributed by atoms with Gasteiger partial charge in [0.05, 0.1) is 10.6 Å². The normalized spacial score (nSPS) is 18.4. The Kier molecular flexibility index (Phi) is 6.30. The number of piperazine rings is 1. The summed E-state index contributed by atoms with van der Waals surface area (Å²) in [5.41, 5.74) is 6.01. The molecule has 0 radical (unpaired) electrons. The number of anilines is 2. The van der Waals surface area contributed by atoms with Gasteiger partial charge in [-0.25, -0.2) is 8.42 Å². The van der Waals surface area contributed by atoms with Gasteiger partial charge in [-0.15, -0.1) is 10.2 Å². The molecule has 1 atom stereocenters. The minimum atomic E-state index is -3.63. The predicted octanol–water partition coefficient (Wildman–Crippen LogP) is 3.57. The van der Waals surface area contributed by atoms with Gasteiger partial charge < -0.3 is 9.80 Å². The molecule has 36 heavy (non-hydrogen) atoms. The molecule has 2 aliphatic heterocycles. The van der Waals surface area contributed by atoms with E-state index in [2.05, 4.69) is 41.1 Å². The fourth-order valence-corrected chi connectivity index (χ4v) is 6.58. The molecule has 8 nitrogen and oxygen atoms in total. The Morgan fingerprint density at radius 1 is 0.917 bits per heavy atom. The molecular formula is C27H31N5O3S. The number of benzene rings is 2. The molecule has 0 bridgehead atoms. The van der Waals surface area contributed by atoms with Crippen LogP contribution in [0.5, 0.6) is 0 Å². The fourth-order valence-electron chi connectivity index (χ4n) is 5.10. The van der Waals surface area contributed by atoms with Gasteiger partial charge in [0.2, 0.25) is 15.9 Å². The summed E-state index contributed by atoms with van der Waals surface area (Å²) in [6.45, 7) is 9.50. The summed E-state index contributed by atoms with van der Waals surface area (Å²) in [6.07, 6.45) is 0.656. The molecule has 0 spiro atoms. The SMILES string of the molecule is CC(=O)N1c2ccc(S(=O)(=O)N3CCN(c4ccc(-c5ccc(C)c(C)c5)nn4)CC3)cc2CC1C. The standard InChI is InChI=1S/C27H31N5O3S/c1-18-5-6-22(15-19(18)2)25-8-10-27(29-28-25)30-11-13-31(14-12-30)36(34,35)24-7-9-26-23(17-24)16-20(3)32(26)21(4)33/h5-10,15,17,20H,11-14,16H2,1-4H3. The number of fused-ring (bicyclic) bond motifs is 1. The van der Waals surface area contributed by atoms with Gasteiger partial charge in [-0.3, -0.25) is 4.79 Å². The van der Waals surface area contributed by atoms with Crippen molar-refractivity contribution in [3.05, 3.63) is 65.2 Å². The summed E-state index contributed by atoms with van der Waals surface area (Å²) >= 11 is 0. The molecule has 2 aromatic carbocycles. The van der Waals surface area contributed by atoms with Crippen molar-refractivity contribution in [3.63, 3.8) is 0 Å². The van der Waals surface area contributed by atoms with Crippen molar-refractivity contribution in [1.29, 1.82) is 0 Å². The number of amides is 1. The number of aryl methyl sites for hydroxylation is 2. The summed E-state index contributed by atoms with van der Waals surface area (Å²) in [7, 11) is -3.63. The highest BCUT2D eigenvalue weighted by Gasteiger charge is 2.33. The number of carbonyl (C=O) groups is 1. The van der Waals surface area contributed by atoms with E-state index in [4.69, 9.17) is 0 Å². The van der Waals surface area contributed by atoms with Crippen LogP contribution in [0, 0.1) is 13.8 Å². The van der Waals surface area contributed by atoms with E-state index in [9.17, 15) is 13.2 Å². The van der Waals surface area contributed by atoms with Gasteiger partial charge in [0, 0.05) is 50.4 Å². The number of aromatic nitrogens is 2. The van der Waals surface area contributed by atoms with E-state index in [0.717, 1.165) is 28.3 Å². The summed E-state index contributed by atoms with van der Waals surface area (Å²) in [5.74, 6) is 0.716. The van der Waals surface area contributed by atoms with Crippen LogP contribution in [-0.2, 0) is 21.2 Å². The third kappa shape index (κ3) is 4.37. The molecule has 1 amide bonds. The summed E-state index contributed by atoms with van der Waals surface area (Å²) in [6, 6.07) is 15.3. The maximum Gasteiger partial charge on any atom is 0.243 e. The zero-order valence-corrected chi connectivity index (χ0v) is 21.9. The predicted molar refractivity (Wildman–Crippen MR) is 141 cm³/mol. The van der Waals surface area contributed by atoms with Crippen molar-refractivity contribution >= 4 is 27.4 Å². The van der Waals surface area contributed by atoms with Gasteiger partial charge in [0.1, 0.15) is 0 Å². The second kappa shape index (κ2) is 9.29. The minimum absolute atomic E-state index is 0.0292. The first-order valence-corrected chi connectivity index (χ1v) is 13.7. The molecule has 5 rings (SSSR count). The Hall–Kier alpha value is -3.30. The molecule has 9 heteroatoms. The topological polar surface area (TPSA) is 86.7 Å². The second-order valence-corrected chi connectivity index (χ2v) is 11.6. The van der Waals surface area contributed by atoms with Crippen molar-refractivity contribution in [1.82, 2.24) is 14.5 Å². The summed E-state index contributed by atoms with van der Waals surface area (Å²) in [5, 5.41) is 8.84. The van der Waals surface area contributed by atoms with Crippen molar-refractivity contribution in [2.75, 3.05) is 36.0 Å². The van der Waals surface area contributed by atoms with Crippen LogP contribution in [0.4, 0.5) is 11.5 Å². The molecule has 188 valence electrons. The highest BCUT2D eigenvalue weighted by Crippen LogP contribution is 2.34. The molecule has 0 N–H and O–H groups in total. The number of hydrogen-bond donors (Lipinski definition) is 0. The Bertz CT molecular complexity index is 1410. The molecule has 3 heterocycles. The first-order chi connectivity index (χ1) is 17.1. The maximum absolute atomic E-state index is 13.4. The molecule has 2 aliphatic rings. The van der Waals surface area contributed by atoms with E-state index in [1.807, 2.05) is 25.1 Å². The van der Waals surface area contributed by atoms with Gasteiger partial charge in [0.25, 0.3) is 0 Å². The maximum atomic E-state index is 13.4. The molecule has 1 fully saturated rings. The smallest absolute Gasteiger partial charge is 0.243 e. The molecule has 3 aromatic rings. The van der Waals surface area contributed by atoms with Crippen LogP contribution in [0.1, 0.15) is 30.5 Å². The fraction of sp³-hybridized carbons (Fsp3) is 0.370. The van der Waals surface area contributed by atoms with Crippen LogP contribution >= 0.6 is 0 Å². The number of hydrogen-bond acceptors (Lipinski definition) is 6. The van der Waals surface area contributed by atoms with Crippen LogP contribution in [0.3, 0.4) is 0 Å². The molecule has 0 saturated carbocycles. The lowest BCUT2D eigenvalue weighted by Gasteiger charge is -2.34. The molecule has 1 saturated heterocycles. The van der Waals surface area contributed by atoms with Crippen LogP contribution < -0.4 is 9.80 Å². The Morgan fingerprint density at radius 2 is 1.67 bits per heavy atom. The molecular weight excluding hydrogens is 474 g/mol. The van der Waals surface area contributed by atoms with E-state index >= 15 is 0 Å². The number of nitrogens with zero attached hydrogens (tertiary/aromatic N) is 5. The first kappa shape index (κ1) is 24.4. The van der Waals surface area contributed by atoms with Crippen molar-refractivity contribution in [2.45, 2.75) is 45.1 Å². The van der Waals surface area contributed by atoms with Crippen molar-refractivity contribution in [3.8, 4) is 11.3 Å².